The number of benzene rings is 2. The Bertz CT molecular complexity index is 967. The van der Waals surface area contributed by atoms with E-state index in [9.17, 15) is 23.2 Å². The molecule has 0 saturated carbocycles. The maximum absolute atomic E-state index is 14.1. The van der Waals surface area contributed by atoms with Crippen LogP contribution in [-0.2, 0) is 14.4 Å². The van der Waals surface area contributed by atoms with Crippen LogP contribution in [0.25, 0.3) is 0 Å². The van der Waals surface area contributed by atoms with Crippen LogP contribution in [-0.4, -0.2) is 42.3 Å². The number of piperazine rings is 1. The first-order valence-corrected chi connectivity index (χ1v) is 9.34. The van der Waals surface area contributed by atoms with E-state index in [0.29, 0.717) is 24.7 Å². The fraction of sp³-hybridized carbons (Fsp3) is 0.286. The molecule has 6 nitrogen and oxygen atoms in total. The quantitative estimate of drug-likeness (QED) is 0.859. The van der Waals surface area contributed by atoms with Crippen molar-refractivity contribution in [2.45, 2.75) is 12.5 Å². The smallest absolute Gasteiger partial charge is 0.247 e. The van der Waals surface area contributed by atoms with Gasteiger partial charge in [0.25, 0.3) is 0 Å². The van der Waals surface area contributed by atoms with E-state index in [1.54, 1.807) is 24.3 Å². The highest BCUT2D eigenvalue weighted by molar-refractivity contribution is 6.01. The summed E-state index contributed by atoms with van der Waals surface area (Å²) in [6.07, 6.45) is -0.0880. The Kier molecular flexibility index (Phi) is 5.00. The van der Waals surface area contributed by atoms with E-state index < -0.39 is 29.5 Å². The summed E-state index contributed by atoms with van der Waals surface area (Å²) in [6.45, 7) is 0.629. The third kappa shape index (κ3) is 3.57. The number of anilines is 1. The monoisotopic (exact) mass is 399 g/mol. The summed E-state index contributed by atoms with van der Waals surface area (Å²) >= 11 is 0. The maximum Gasteiger partial charge on any atom is 0.247 e. The number of carbonyl (C=O) groups is 3. The molecule has 4 rings (SSSR count). The van der Waals surface area contributed by atoms with Crippen LogP contribution < -0.4 is 10.2 Å². The Balaban J connectivity index is 1.57. The van der Waals surface area contributed by atoms with Crippen LogP contribution in [0, 0.1) is 17.6 Å². The highest BCUT2D eigenvalue weighted by Gasteiger charge is 2.42. The molecule has 2 saturated heterocycles. The van der Waals surface area contributed by atoms with Crippen LogP contribution in [0.15, 0.2) is 48.5 Å². The van der Waals surface area contributed by atoms with Gasteiger partial charge in [-0.1, -0.05) is 30.3 Å². The van der Waals surface area contributed by atoms with Gasteiger partial charge in [-0.05, 0) is 17.7 Å². The van der Waals surface area contributed by atoms with Crippen molar-refractivity contribution < 1.29 is 23.2 Å². The topological polar surface area (TPSA) is 69.7 Å². The molecule has 1 N–H and O–H groups in total. The summed E-state index contributed by atoms with van der Waals surface area (Å²) in [4.78, 5) is 40.8. The van der Waals surface area contributed by atoms with Crippen LogP contribution in [0.2, 0.25) is 0 Å². The van der Waals surface area contributed by atoms with Crippen LogP contribution in [0.3, 0.4) is 0 Å². The molecule has 0 aliphatic carbocycles. The number of nitrogens with one attached hydrogen (secondary N) is 1. The molecule has 150 valence electrons. The van der Waals surface area contributed by atoms with E-state index in [1.807, 2.05) is 6.07 Å². The van der Waals surface area contributed by atoms with E-state index in [0.717, 1.165) is 6.07 Å². The molecule has 0 unspecified atom stereocenters. The first-order chi connectivity index (χ1) is 14.0. The third-order valence-corrected chi connectivity index (χ3v) is 5.29. The molecule has 2 fully saturated rings. The molecule has 3 amide bonds. The number of hydrogen-bond donors (Lipinski definition) is 1. The van der Waals surface area contributed by atoms with Crippen molar-refractivity contribution in [1.82, 2.24) is 10.2 Å². The standard InChI is InChI=1S/C21H19F2N3O3/c22-15-6-7-17(16(23)11-15)26-12-14(10-18(26)27)21(29)25-9-8-24-20(28)19(25)13-4-2-1-3-5-13/h1-7,11,14,19H,8-10,12H2,(H,24,28)/t14-,19+/m0/s1. The van der Waals surface area contributed by atoms with E-state index in [-0.39, 0.29) is 30.5 Å². The molecule has 2 atom stereocenters. The van der Waals surface area contributed by atoms with Gasteiger partial charge in [-0.2, -0.15) is 0 Å². The van der Waals surface area contributed by atoms with E-state index >= 15 is 0 Å². The summed E-state index contributed by atoms with van der Waals surface area (Å²) < 4.78 is 27.3. The molecule has 2 aromatic carbocycles. The van der Waals surface area contributed by atoms with Crippen molar-refractivity contribution in [2.75, 3.05) is 24.5 Å². The normalized spacial score (nSPS) is 22.0. The van der Waals surface area contributed by atoms with Gasteiger partial charge >= 0.3 is 0 Å². The summed E-state index contributed by atoms with van der Waals surface area (Å²) in [6, 6.07) is 11.1. The first kappa shape index (κ1) is 19.0. The van der Waals surface area contributed by atoms with E-state index in [4.69, 9.17) is 0 Å². The van der Waals surface area contributed by atoms with Gasteiger partial charge in [0.15, 0.2) is 0 Å². The summed E-state index contributed by atoms with van der Waals surface area (Å²) in [5, 5.41) is 2.77. The van der Waals surface area contributed by atoms with Gasteiger partial charge in [0.1, 0.15) is 17.7 Å². The third-order valence-electron chi connectivity index (χ3n) is 5.29. The fourth-order valence-electron chi connectivity index (χ4n) is 3.91. The number of nitrogens with zero attached hydrogens (tertiary/aromatic N) is 2. The summed E-state index contributed by atoms with van der Waals surface area (Å²) in [7, 11) is 0. The second-order valence-electron chi connectivity index (χ2n) is 7.14. The minimum atomic E-state index is -0.856. The predicted octanol–water partition coefficient (Wildman–Crippen LogP) is 2.02. The number of carbonyl (C=O) groups excluding carboxylic acids is 3. The average molecular weight is 399 g/mol. The van der Waals surface area contributed by atoms with Crippen molar-refractivity contribution in [3.63, 3.8) is 0 Å². The zero-order valence-corrected chi connectivity index (χ0v) is 15.5. The van der Waals surface area contributed by atoms with Crippen molar-refractivity contribution in [3.8, 4) is 0 Å². The molecular weight excluding hydrogens is 380 g/mol. The second kappa shape index (κ2) is 7.62. The highest BCUT2D eigenvalue weighted by Crippen LogP contribution is 2.31. The summed E-state index contributed by atoms with van der Waals surface area (Å²) in [5.41, 5.74) is 0.631. The average Bonchev–Trinajstić information content (AvgIpc) is 3.09. The second-order valence-corrected chi connectivity index (χ2v) is 7.14. The minimum Gasteiger partial charge on any atom is -0.352 e. The first-order valence-electron chi connectivity index (χ1n) is 9.34. The number of halogens is 2. The number of amides is 3. The van der Waals surface area contributed by atoms with E-state index in [1.165, 1.54) is 15.9 Å². The maximum atomic E-state index is 14.1. The van der Waals surface area contributed by atoms with Crippen LogP contribution in [0.1, 0.15) is 18.0 Å². The lowest BCUT2D eigenvalue weighted by molar-refractivity contribution is -0.146. The Morgan fingerprint density at radius 3 is 2.55 bits per heavy atom. The van der Waals surface area contributed by atoms with Crippen molar-refractivity contribution >= 4 is 23.4 Å². The lowest BCUT2D eigenvalue weighted by atomic mass is 9.99. The zero-order valence-electron chi connectivity index (χ0n) is 15.5. The van der Waals surface area contributed by atoms with Crippen LogP contribution >= 0.6 is 0 Å². The molecule has 8 heteroatoms. The van der Waals surface area contributed by atoms with Crippen molar-refractivity contribution in [1.29, 1.82) is 0 Å². The predicted molar refractivity (Wildman–Crippen MR) is 101 cm³/mol. The zero-order chi connectivity index (χ0) is 20.5. The lowest BCUT2D eigenvalue weighted by Gasteiger charge is -2.36. The van der Waals surface area contributed by atoms with Gasteiger partial charge in [0.2, 0.25) is 17.7 Å². The molecule has 0 aromatic heterocycles. The van der Waals surface area contributed by atoms with Crippen LogP contribution in [0.5, 0.6) is 0 Å². The molecule has 0 radical (unpaired) electrons. The fourth-order valence-corrected chi connectivity index (χ4v) is 3.91. The van der Waals surface area contributed by atoms with Gasteiger partial charge in [-0.15, -0.1) is 0 Å². The molecule has 29 heavy (non-hydrogen) atoms. The Morgan fingerprint density at radius 2 is 1.83 bits per heavy atom. The van der Waals surface area contributed by atoms with Gasteiger partial charge in [0.05, 0.1) is 11.6 Å². The number of hydrogen-bond acceptors (Lipinski definition) is 3. The largest absolute Gasteiger partial charge is 0.352 e. The molecule has 2 aliphatic heterocycles. The van der Waals surface area contributed by atoms with Gasteiger partial charge < -0.3 is 15.1 Å². The molecule has 0 spiro atoms. The minimum absolute atomic E-state index is 0.0140. The van der Waals surface area contributed by atoms with Crippen molar-refractivity contribution in [2.24, 2.45) is 5.92 Å². The van der Waals surface area contributed by atoms with Crippen molar-refractivity contribution in [3.05, 3.63) is 65.7 Å². The van der Waals surface area contributed by atoms with Gasteiger partial charge in [-0.25, -0.2) is 8.78 Å². The van der Waals surface area contributed by atoms with Gasteiger partial charge in [0, 0.05) is 32.1 Å². The summed E-state index contributed by atoms with van der Waals surface area (Å²) in [5.74, 6) is -3.31. The molecule has 2 aliphatic rings. The molecule has 0 bridgehead atoms. The van der Waals surface area contributed by atoms with Gasteiger partial charge in [-0.3, -0.25) is 14.4 Å². The lowest BCUT2D eigenvalue weighted by Crippen LogP contribution is -2.53. The molecular formula is C21H19F2N3O3. The Labute approximate surface area is 166 Å². The Morgan fingerprint density at radius 1 is 1.07 bits per heavy atom. The SMILES string of the molecule is O=C1NCCN(C(=O)[C@H]2CC(=O)N(c3ccc(F)cc3F)C2)[C@@H]1c1ccccc1. The molecule has 2 heterocycles. The van der Waals surface area contributed by atoms with E-state index in [2.05, 4.69) is 5.32 Å². The molecule has 2 aromatic rings. The van der Waals surface area contributed by atoms with Crippen LogP contribution in [0.4, 0.5) is 14.5 Å². The Hall–Kier alpha value is -3.29. The number of rotatable bonds is 3. The highest BCUT2D eigenvalue weighted by atomic mass is 19.1.